The second-order valence-corrected chi connectivity index (χ2v) is 7.05. The minimum atomic E-state index is 0.241. The van der Waals surface area contributed by atoms with Crippen LogP contribution in [-0.4, -0.2) is 31.0 Å². The smallest absolute Gasteiger partial charge is 0.232 e. The maximum Gasteiger partial charge on any atom is 0.232 e. The van der Waals surface area contributed by atoms with Gasteiger partial charge in [0.1, 0.15) is 5.82 Å². The average molecular weight is 363 g/mol. The van der Waals surface area contributed by atoms with E-state index >= 15 is 0 Å². The zero-order valence-electron chi connectivity index (χ0n) is 15.8. The van der Waals surface area contributed by atoms with Crippen LogP contribution in [-0.2, 0) is 13.6 Å². The molecule has 7 nitrogen and oxygen atoms in total. The fraction of sp³-hybridized carbons (Fsp3) is 0.350. The lowest BCUT2D eigenvalue weighted by molar-refractivity contribution is 0.235. The molecule has 1 aliphatic rings. The summed E-state index contributed by atoms with van der Waals surface area (Å²) >= 11 is 0. The molecule has 0 spiro atoms. The minimum absolute atomic E-state index is 0.241. The first-order valence-electron chi connectivity index (χ1n) is 9.28. The van der Waals surface area contributed by atoms with E-state index < -0.39 is 0 Å². The van der Waals surface area contributed by atoms with E-state index in [9.17, 15) is 0 Å². The number of hydrogen-bond donors (Lipinski definition) is 2. The first kappa shape index (κ1) is 17.5. The van der Waals surface area contributed by atoms with E-state index in [4.69, 9.17) is 5.73 Å². The fourth-order valence-corrected chi connectivity index (χ4v) is 3.75. The minimum Gasteiger partial charge on any atom is -0.368 e. The van der Waals surface area contributed by atoms with Gasteiger partial charge in [-0.05, 0) is 50.1 Å². The Kier molecular flexibility index (Phi) is 4.77. The zero-order valence-corrected chi connectivity index (χ0v) is 15.8. The third-order valence-corrected chi connectivity index (χ3v) is 5.12. The standard InChI is InChI=1S/C20H25N7/c1-14-7-3-4-8-15(14)22-20-24-18(23-19(21)25-20)13-27-12-6-10-17(27)16-9-5-11-26(16)2/h3-5,7-9,11,17H,6,10,12-13H2,1-2H3,(H3,21,22,23,24,25)/t17-/m0/s1. The number of benzene rings is 1. The molecule has 0 radical (unpaired) electrons. The SMILES string of the molecule is Cc1ccccc1Nc1nc(N)nc(CN2CCC[C@H]2c2cccn2C)n1. The van der Waals surface area contributed by atoms with Crippen molar-refractivity contribution in [2.75, 3.05) is 17.6 Å². The second-order valence-electron chi connectivity index (χ2n) is 7.05. The molecule has 140 valence electrons. The third-order valence-electron chi connectivity index (χ3n) is 5.12. The molecule has 2 aromatic heterocycles. The molecule has 1 atom stereocenters. The maximum atomic E-state index is 5.95. The highest BCUT2D eigenvalue weighted by molar-refractivity contribution is 5.58. The van der Waals surface area contributed by atoms with Crippen molar-refractivity contribution in [1.82, 2.24) is 24.4 Å². The molecule has 1 aromatic carbocycles. The van der Waals surface area contributed by atoms with Crippen molar-refractivity contribution < 1.29 is 0 Å². The van der Waals surface area contributed by atoms with Gasteiger partial charge in [0, 0.05) is 24.6 Å². The van der Waals surface area contributed by atoms with Gasteiger partial charge in [-0.15, -0.1) is 0 Å². The number of hydrogen-bond acceptors (Lipinski definition) is 6. The number of nitrogens with one attached hydrogen (secondary N) is 1. The molecule has 7 heteroatoms. The maximum absolute atomic E-state index is 5.95. The number of nitrogens with two attached hydrogens (primary N) is 1. The largest absolute Gasteiger partial charge is 0.368 e. The van der Waals surface area contributed by atoms with Crippen molar-refractivity contribution in [2.24, 2.45) is 7.05 Å². The van der Waals surface area contributed by atoms with E-state index in [1.54, 1.807) is 0 Å². The Balaban J connectivity index is 1.55. The molecule has 0 unspecified atom stereocenters. The van der Waals surface area contributed by atoms with Crippen LogP contribution < -0.4 is 11.1 Å². The topological polar surface area (TPSA) is 84.9 Å². The summed E-state index contributed by atoms with van der Waals surface area (Å²) in [5.74, 6) is 1.42. The number of aryl methyl sites for hydroxylation is 2. The number of nitrogens with zero attached hydrogens (tertiary/aromatic N) is 5. The predicted molar refractivity (Wildman–Crippen MR) is 106 cm³/mol. The summed E-state index contributed by atoms with van der Waals surface area (Å²) in [6.07, 6.45) is 4.41. The normalized spacial score (nSPS) is 17.3. The van der Waals surface area contributed by atoms with Crippen LogP contribution in [0.5, 0.6) is 0 Å². The van der Waals surface area contributed by atoms with Crippen LogP contribution in [0, 0.1) is 6.92 Å². The van der Waals surface area contributed by atoms with E-state index in [1.165, 1.54) is 12.1 Å². The van der Waals surface area contributed by atoms with Crippen LogP contribution in [0.2, 0.25) is 0 Å². The second kappa shape index (κ2) is 7.36. The highest BCUT2D eigenvalue weighted by atomic mass is 15.2. The van der Waals surface area contributed by atoms with Crippen molar-refractivity contribution in [1.29, 1.82) is 0 Å². The molecule has 3 heterocycles. The van der Waals surface area contributed by atoms with Gasteiger partial charge in [0.05, 0.1) is 12.6 Å². The number of nitrogen functional groups attached to an aromatic ring is 1. The van der Waals surface area contributed by atoms with Gasteiger partial charge in [0.25, 0.3) is 0 Å². The molecule has 1 aliphatic heterocycles. The first-order valence-corrected chi connectivity index (χ1v) is 9.28. The fourth-order valence-electron chi connectivity index (χ4n) is 3.75. The Morgan fingerprint density at radius 2 is 2.00 bits per heavy atom. The highest BCUT2D eigenvalue weighted by Gasteiger charge is 2.28. The molecule has 1 saturated heterocycles. The number of aromatic nitrogens is 4. The molecule has 4 rings (SSSR count). The summed E-state index contributed by atoms with van der Waals surface area (Å²) in [7, 11) is 2.09. The van der Waals surface area contributed by atoms with E-state index in [1.807, 2.05) is 31.2 Å². The van der Waals surface area contributed by atoms with Gasteiger partial charge in [-0.25, -0.2) is 0 Å². The predicted octanol–water partition coefficient (Wildman–Crippen LogP) is 3.18. The average Bonchev–Trinajstić information content (AvgIpc) is 3.25. The van der Waals surface area contributed by atoms with Gasteiger partial charge < -0.3 is 15.6 Å². The molecular formula is C20H25N7. The summed E-state index contributed by atoms with van der Waals surface area (Å²) in [5, 5.41) is 3.26. The number of rotatable bonds is 5. The summed E-state index contributed by atoms with van der Waals surface area (Å²) < 4.78 is 2.19. The van der Waals surface area contributed by atoms with Crippen molar-refractivity contribution in [2.45, 2.75) is 32.4 Å². The van der Waals surface area contributed by atoms with Crippen molar-refractivity contribution in [3.05, 3.63) is 59.7 Å². The van der Waals surface area contributed by atoms with Crippen molar-refractivity contribution in [3.63, 3.8) is 0 Å². The van der Waals surface area contributed by atoms with Crippen LogP contribution in [0.25, 0.3) is 0 Å². The Morgan fingerprint density at radius 1 is 1.15 bits per heavy atom. The summed E-state index contributed by atoms with van der Waals surface area (Å²) in [6, 6.07) is 12.7. The Labute approximate surface area is 159 Å². The molecule has 27 heavy (non-hydrogen) atoms. The van der Waals surface area contributed by atoms with Crippen LogP contribution >= 0.6 is 0 Å². The van der Waals surface area contributed by atoms with Crippen LogP contribution in [0.1, 0.15) is 36.0 Å². The summed E-state index contributed by atoms with van der Waals surface area (Å²) in [5.41, 5.74) is 9.38. The van der Waals surface area contributed by atoms with Crippen LogP contribution in [0.15, 0.2) is 42.6 Å². The molecule has 0 aliphatic carbocycles. The number of para-hydroxylation sites is 1. The molecule has 3 N–H and O–H groups in total. The zero-order chi connectivity index (χ0) is 18.8. The van der Waals surface area contributed by atoms with E-state index in [-0.39, 0.29) is 5.95 Å². The quantitative estimate of drug-likeness (QED) is 0.724. The number of likely N-dealkylation sites (tertiary alicyclic amines) is 1. The van der Waals surface area contributed by atoms with E-state index in [2.05, 4.69) is 55.1 Å². The molecule has 3 aromatic rings. The van der Waals surface area contributed by atoms with E-state index in [0.29, 0.717) is 24.4 Å². The molecule has 0 amide bonds. The van der Waals surface area contributed by atoms with Gasteiger partial charge in [-0.3, -0.25) is 4.90 Å². The van der Waals surface area contributed by atoms with Crippen LogP contribution in [0.4, 0.5) is 17.6 Å². The van der Waals surface area contributed by atoms with Gasteiger partial charge in [-0.2, -0.15) is 15.0 Å². The lowest BCUT2D eigenvalue weighted by Crippen LogP contribution is -2.25. The molecule has 1 fully saturated rings. The third kappa shape index (κ3) is 3.78. The lowest BCUT2D eigenvalue weighted by atomic mass is 10.1. The van der Waals surface area contributed by atoms with E-state index in [0.717, 1.165) is 24.2 Å². The summed E-state index contributed by atoms with van der Waals surface area (Å²) in [6.45, 7) is 3.73. The van der Waals surface area contributed by atoms with Crippen molar-refractivity contribution >= 4 is 17.6 Å². The highest BCUT2D eigenvalue weighted by Crippen LogP contribution is 2.32. The molecule has 0 saturated carbocycles. The Hall–Kier alpha value is -2.93. The van der Waals surface area contributed by atoms with Gasteiger partial charge >= 0.3 is 0 Å². The molecule has 0 bridgehead atoms. The van der Waals surface area contributed by atoms with Gasteiger partial charge in [0.2, 0.25) is 11.9 Å². The van der Waals surface area contributed by atoms with Crippen LogP contribution in [0.3, 0.4) is 0 Å². The molecular weight excluding hydrogens is 338 g/mol. The van der Waals surface area contributed by atoms with Gasteiger partial charge in [-0.1, -0.05) is 18.2 Å². The Morgan fingerprint density at radius 3 is 2.78 bits per heavy atom. The monoisotopic (exact) mass is 363 g/mol. The van der Waals surface area contributed by atoms with Crippen molar-refractivity contribution in [3.8, 4) is 0 Å². The lowest BCUT2D eigenvalue weighted by Gasteiger charge is -2.24. The van der Waals surface area contributed by atoms with Gasteiger partial charge in [0.15, 0.2) is 0 Å². The first-order chi connectivity index (χ1) is 13.1. The summed E-state index contributed by atoms with van der Waals surface area (Å²) in [4.78, 5) is 15.6. The number of anilines is 3. The Bertz CT molecular complexity index is 934.